The number of benzene rings is 1. The van der Waals surface area contributed by atoms with Gasteiger partial charge in [-0.3, -0.25) is 4.90 Å². The molecule has 1 atom stereocenters. The van der Waals surface area contributed by atoms with Crippen molar-refractivity contribution in [2.24, 2.45) is 5.73 Å². The highest BCUT2D eigenvalue weighted by atomic mass is 16.3. The Hall–Kier alpha value is -1.34. The molecule has 0 spiro atoms. The molecule has 1 aliphatic heterocycles. The molecule has 96 valence electrons. The lowest BCUT2D eigenvalue weighted by atomic mass is 10.1. The monoisotopic (exact) mass is 244 g/mol. The zero-order chi connectivity index (χ0) is 13.0. The SMILES string of the molecule is CC1(O)CCN(Cc2ccc(C#CCN)cc2)C1. The predicted octanol–water partition coefficient (Wildman–Crippen LogP) is 0.953. The van der Waals surface area contributed by atoms with E-state index in [1.165, 1.54) is 5.56 Å². The van der Waals surface area contributed by atoms with E-state index in [4.69, 9.17) is 5.73 Å². The van der Waals surface area contributed by atoms with Crippen LogP contribution in [-0.4, -0.2) is 35.2 Å². The fourth-order valence-electron chi connectivity index (χ4n) is 2.28. The van der Waals surface area contributed by atoms with Crippen LogP contribution in [0.2, 0.25) is 0 Å². The number of nitrogens with two attached hydrogens (primary N) is 1. The fourth-order valence-corrected chi connectivity index (χ4v) is 2.28. The summed E-state index contributed by atoms with van der Waals surface area (Å²) in [6.45, 7) is 4.90. The number of aliphatic hydroxyl groups is 1. The minimum atomic E-state index is -0.521. The molecule has 18 heavy (non-hydrogen) atoms. The quantitative estimate of drug-likeness (QED) is 0.762. The van der Waals surface area contributed by atoms with Gasteiger partial charge in [0.15, 0.2) is 0 Å². The van der Waals surface area contributed by atoms with Crippen molar-refractivity contribution >= 4 is 0 Å². The summed E-state index contributed by atoms with van der Waals surface area (Å²) in [7, 11) is 0. The predicted molar refractivity (Wildman–Crippen MR) is 72.9 cm³/mol. The van der Waals surface area contributed by atoms with E-state index in [0.29, 0.717) is 6.54 Å². The van der Waals surface area contributed by atoms with Gasteiger partial charge in [-0.1, -0.05) is 24.0 Å². The van der Waals surface area contributed by atoms with Crippen molar-refractivity contribution in [1.29, 1.82) is 0 Å². The van der Waals surface area contributed by atoms with Crippen LogP contribution in [0.25, 0.3) is 0 Å². The normalized spacial score (nSPS) is 23.7. The Balaban J connectivity index is 1.95. The Morgan fingerprint density at radius 2 is 2.11 bits per heavy atom. The molecule has 0 radical (unpaired) electrons. The van der Waals surface area contributed by atoms with Gasteiger partial charge >= 0.3 is 0 Å². The summed E-state index contributed by atoms with van der Waals surface area (Å²) >= 11 is 0. The van der Waals surface area contributed by atoms with Crippen LogP contribution in [-0.2, 0) is 6.54 Å². The molecule has 2 rings (SSSR count). The van der Waals surface area contributed by atoms with Gasteiger partial charge in [0.05, 0.1) is 12.1 Å². The van der Waals surface area contributed by atoms with Crippen LogP contribution in [0.3, 0.4) is 0 Å². The largest absolute Gasteiger partial charge is 0.389 e. The number of hydrogen-bond donors (Lipinski definition) is 2. The van der Waals surface area contributed by atoms with E-state index in [-0.39, 0.29) is 0 Å². The van der Waals surface area contributed by atoms with E-state index >= 15 is 0 Å². The van der Waals surface area contributed by atoms with Gasteiger partial charge in [-0.2, -0.15) is 0 Å². The highest BCUT2D eigenvalue weighted by Crippen LogP contribution is 2.21. The molecule has 0 saturated carbocycles. The lowest BCUT2D eigenvalue weighted by molar-refractivity contribution is 0.0679. The molecule has 3 N–H and O–H groups in total. The van der Waals surface area contributed by atoms with Crippen LogP contribution < -0.4 is 5.73 Å². The second-order valence-corrected chi connectivity index (χ2v) is 5.16. The van der Waals surface area contributed by atoms with Crippen LogP contribution in [0.1, 0.15) is 24.5 Å². The maximum atomic E-state index is 9.91. The molecule has 0 bridgehead atoms. The number of β-amino-alcohol motifs (C(OH)–C–C–N with tert-alkyl or cyclic N) is 1. The highest BCUT2D eigenvalue weighted by Gasteiger charge is 2.30. The third-order valence-corrected chi connectivity index (χ3v) is 3.23. The summed E-state index contributed by atoms with van der Waals surface area (Å²) in [5, 5.41) is 9.91. The van der Waals surface area contributed by atoms with Crippen molar-refractivity contribution in [2.75, 3.05) is 19.6 Å². The van der Waals surface area contributed by atoms with Crippen LogP contribution in [0.4, 0.5) is 0 Å². The maximum Gasteiger partial charge on any atom is 0.0758 e. The molecule has 1 fully saturated rings. The van der Waals surface area contributed by atoms with Gasteiger partial charge in [0.1, 0.15) is 0 Å². The van der Waals surface area contributed by atoms with Gasteiger partial charge < -0.3 is 10.8 Å². The third-order valence-electron chi connectivity index (χ3n) is 3.23. The van der Waals surface area contributed by atoms with Crippen LogP contribution in [0.15, 0.2) is 24.3 Å². The topological polar surface area (TPSA) is 49.5 Å². The third kappa shape index (κ3) is 3.58. The molecule has 0 amide bonds. The molecule has 1 aromatic carbocycles. The number of hydrogen-bond acceptors (Lipinski definition) is 3. The van der Waals surface area contributed by atoms with Crippen molar-refractivity contribution < 1.29 is 5.11 Å². The van der Waals surface area contributed by atoms with Crippen molar-refractivity contribution in [2.45, 2.75) is 25.5 Å². The first-order valence-corrected chi connectivity index (χ1v) is 6.32. The summed E-state index contributed by atoms with van der Waals surface area (Å²) in [5.41, 5.74) is 7.07. The number of nitrogens with zero attached hydrogens (tertiary/aromatic N) is 1. The minimum absolute atomic E-state index is 0.393. The van der Waals surface area contributed by atoms with Gasteiger partial charge in [0.25, 0.3) is 0 Å². The highest BCUT2D eigenvalue weighted by molar-refractivity contribution is 5.36. The molecule has 1 unspecified atom stereocenters. The first-order chi connectivity index (χ1) is 8.59. The summed E-state index contributed by atoms with van der Waals surface area (Å²) in [6.07, 6.45) is 0.854. The first-order valence-electron chi connectivity index (χ1n) is 6.32. The minimum Gasteiger partial charge on any atom is -0.389 e. The Morgan fingerprint density at radius 1 is 1.39 bits per heavy atom. The van der Waals surface area contributed by atoms with Gasteiger partial charge in [0, 0.05) is 25.2 Å². The summed E-state index contributed by atoms with van der Waals surface area (Å²) < 4.78 is 0. The molecular weight excluding hydrogens is 224 g/mol. The molecule has 0 aromatic heterocycles. The second kappa shape index (κ2) is 5.53. The van der Waals surface area contributed by atoms with E-state index < -0.39 is 5.60 Å². The van der Waals surface area contributed by atoms with Gasteiger partial charge in [-0.25, -0.2) is 0 Å². The molecule has 1 aliphatic rings. The van der Waals surface area contributed by atoms with Crippen molar-refractivity contribution in [3.8, 4) is 11.8 Å². The van der Waals surface area contributed by atoms with Crippen LogP contribution >= 0.6 is 0 Å². The number of likely N-dealkylation sites (tertiary alicyclic amines) is 1. The molecular formula is C15H20N2O. The van der Waals surface area contributed by atoms with Gasteiger partial charge in [-0.05, 0) is 31.0 Å². The van der Waals surface area contributed by atoms with Gasteiger partial charge in [0.2, 0.25) is 0 Å². The lowest BCUT2D eigenvalue weighted by Gasteiger charge is -2.18. The molecule has 1 heterocycles. The van der Waals surface area contributed by atoms with E-state index in [2.05, 4.69) is 28.9 Å². The Labute approximate surface area is 109 Å². The molecule has 3 nitrogen and oxygen atoms in total. The average molecular weight is 244 g/mol. The molecule has 1 aromatic rings. The summed E-state index contributed by atoms with van der Waals surface area (Å²) in [5.74, 6) is 5.85. The maximum absolute atomic E-state index is 9.91. The van der Waals surface area contributed by atoms with E-state index in [0.717, 1.165) is 31.6 Å². The smallest absolute Gasteiger partial charge is 0.0758 e. The molecule has 3 heteroatoms. The molecule has 1 saturated heterocycles. The second-order valence-electron chi connectivity index (χ2n) is 5.16. The van der Waals surface area contributed by atoms with Crippen molar-refractivity contribution in [1.82, 2.24) is 4.90 Å². The Kier molecular flexibility index (Phi) is 4.03. The van der Waals surface area contributed by atoms with Crippen molar-refractivity contribution in [3.05, 3.63) is 35.4 Å². The zero-order valence-electron chi connectivity index (χ0n) is 10.8. The Morgan fingerprint density at radius 3 is 2.67 bits per heavy atom. The summed E-state index contributed by atoms with van der Waals surface area (Å²) in [4.78, 5) is 2.28. The van der Waals surface area contributed by atoms with E-state index in [1.54, 1.807) is 0 Å². The zero-order valence-corrected chi connectivity index (χ0v) is 10.8. The van der Waals surface area contributed by atoms with Gasteiger partial charge in [-0.15, -0.1) is 0 Å². The van der Waals surface area contributed by atoms with Crippen molar-refractivity contribution in [3.63, 3.8) is 0 Å². The lowest BCUT2D eigenvalue weighted by Crippen LogP contribution is -2.29. The summed E-state index contributed by atoms with van der Waals surface area (Å²) in [6, 6.07) is 8.22. The standard InChI is InChI=1S/C15H20N2O/c1-15(18)8-10-17(12-15)11-14-6-4-13(5-7-14)3-2-9-16/h4-7,18H,8-12,16H2,1H3. The van der Waals surface area contributed by atoms with E-state index in [1.807, 2.05) is 19.1 Å². The fraction of sp³-hybridized carbons (Fsp3) is 0.467. The number of rotatable bonds is 2. The van der Waals surface area contributed by atoms with E-state index in [9.17, 15) is 5.11 Å². The molecule has 0 aliphatic carbocycles. The first kappa shape index (κ1) is 13.1. The Bertz CT molecular complexity index is 454. The average Bonchev–Trinajstić information content (AvgIpc) is 2.68. The van der Waals surface area contributed by atoms with Crippen LogP contribution in [0, 0.1) is 11.8 Å². The van der Waals surface area contributed by atoms with Crippen LogP contribution in [0.5, 0.6) is 0 Å².